The molecular weight excluding hydrogens is 268 g/mol. The standard InChI is InChI=1S/C17H26O4/c1-9-8-10(14(18)20-16(2,3)4)12-11(9)13(12)15(19)21-17(5,6)7/h10-13H,1,8H2,2-7H3. The van der Waals surface area contributed by atoms with Crippen LogP contribution in [-0.4, -0.2) is 23.1 Å². The molecule has 4 unspecified atom stereocenters. The van der Waals surface area contributed by atoms with Crippen molar-refractivity contribution in [1.29, 1.82) is 0 Å². The number of fused-ring (bicyclic) bond motifs is 1. The minimum absolute atomic E-state index is 0.0159. The molecule has 2 aliphatic rings. The van der Waals surface area contributed by atoms with Crippen molar-refractivity contribution < 1.29 is 19.1 Å². The minimum Gasteiger partial charge on any atom is -0.460 e. The Bertz CT molecular complexity index is 478. The van der Waals surface area contributed by atoms with Gasteiger partial charge in [0.25, 0.3) is 0 Å². The average molecular weight is 294 g/mol. The van der Waals surface area contributed by atoms with Gasteiger partial charge in [0.1, 0.15) is 11.2 Å². The summed E-state index contributed by atoms with van der Waals surface area (Å²) in [5, 5.41) is 0. The first-order valence-electron chi connectivity index (χ1n) is 7.54. The van der Waals surface area contributed by atoms with Gasteiger partial charge in [-0.3, -0.25) is 9.59 Å². The molecule has 0 aliphatic heterocycles. The van der Waals surface area contributed by atoms with Gasteiger partial charge in [-0.15, -0.1) is 0 Å². The van der Waals surface area contributed by atoms with Crippen molar-refractivity contribution in [3.63, 3.8) is 0 Å². The molecule has 0 amide bonds. The third-order valence-corrected chi connectivity index (χ3v) is 3.88. The molecule has 0 bridgehead atoms. The molecular formula is C17H26O4. The van der Waals surface area contributed by atoms with E-state index < -0.39 is 11.2 Å². The maximum atomic E-state index is 12.3. The Labute approximate surface area is 126 Å². The fraction of sp³-hybridized carbons (Fsp3) is 0.765. The number of allylic oxidation sites excluding steroid dienone is 1. The highest BCUT2D eigenvalue weighted by Crippen LogP contribution is 2.63. The molecule has 0 saturated heterocycles. The van der Waals surface area contributed by atoms with E-state index in [1.54, 1.807) is 0 Å². The molecule has 4 atom stereocenters. The van der Waals surface area contributed by atoms with Crippen molar-refractivity contribution in [1.82, 2.24) is 0 Å². The number of hydrogen-bond donors (Lipinski definition) is 0. The van der Waals surface area contributed by atoms with Crippen LogP contribution in [0.25, 0.3) is 0 Å². The van der Waals surface area contributed by atoms with Gasteiger partial charge in [0, 0.05) is 0 Å². The third-order valence-electron chi connectivity index (χ3n) is 3.88. The quantitative estimate of drug-likeness (QED) is 0.580. The molecule has 4 heteroatoms. The summed E-state index contributed by atoms with van der Waals surface area (Å²) >= 11 is 0. The van der Waals surface area contributed by atoms with E-state index >= 15 is 0 Å². The van der Waals surface area contributed by atoms with E-state index in [1.165, 1.54) is 0 Å². The van der Waals surface area contributed by atoms with E-state index in [9.17, 15) is 9.59 Å². The Hall–Kier alpha value is -1.32. The number of hydrogen-bond acceptors (Lipinski definition) is 4. The number of carbonyl (C=O) groups is 2. The number of esters is 2. The summed E-state index contributed by atoms with van der Waals surface area (Å²) < 4.78 is 10.9. The third kappa shape index (κ3) is 3.47. The second-order valence-corrected chi connectivity index (χ2v) is 8.16. The maximum Gasteiger partial charge on any atom is 0.310 e. The Balaban J connectivity index is 2.04. The van der Waals surface area contributed by atoms with Crippen molar-refractivity contribution in [2.24, 2.45) is 23.7 Å². The topological polar surface area (TPSA) is 52.6 Å². The number of carbonyl (C=O) groups excluding carboxylic acids is 2. The van der Waals surface area contributed by atoms with Gasteiger partial charge in [-0.05, 0) is 59.8 Å². The molecule has 2 rings (SSSR count). The van der Waals surface area contributed by atoms with Crippen molar-refractivity contribution in [2.45, 2.75) is 59.2 Å². The highest BCUT2D eigenvalue weighted by Gasteiger charge is 2.66. The molecule has 0 heterocycles. The molecule has 2 aliphatic carbocycles. The van der Waals surface area contributed by atoms with Gasteiger partial charge in [-0.1, -0.05) is 12.2 Å². The first-order chi connectivity index (χ1) is 9.41. The molecule has 2 fully saturated rings. The average Bonchev–Trinajstić information content (AvgIpc) is 2.87. The minimum atomic E-state index is -0.507. The van der Waals surface area contributed by atoms with E-state index in [0.717, 1.165) is 5.57 Å². The van der Waals surface area contributed by atoms with Crippen molar-refractivity contribution in [3.8, 4) is 0 Å². The Kier molecular flexibility index (Phi) is 3.71. The SMILES string of the molecule is C=C1CC(C(=O)OC(C)(C)C)C2C1C2C(=O)OC(C)(C)C. The predicted octanol–water partition coefficient (Wildman–Crippen LogP) is 3.11. The lowest BCUT2D eigenvalue weighted by Gasteiger charge is -2.24. The zero-order valence-electron chi connectivity index (χ0n) is 13.9. The highest BCUT2D eigenvalue weighted by atomic mass is 16.6. The van der Waals surface area contributed by atoms with Gasteiger partial charge in [0.05, 0.1) is 11.8 Å². The summed E-state index contributed by atoms with van der Waals surface area (Å²) in [6.45, 7) is 15.1. The lowest BCUT2D eigenvalue weighted by atomic mass is 9.97. The van der Waals surface area contributed by atoms with Crippen LogP contribution in [0.1, 0.15) is 48.0 Å². The molecule has 21 heavy (non-hydrogen) atoms. The van der Waals surface area contributed by atoms with E-state index in [1.807, 2.05) is 41.5 Å². The Morgan fingerprint density at radius 2 is 1.48 bits per heavy atom. The van der Waals surface area contributed by atoms with Crippen molar-refractivity contribution in [2.75, 3.05) is 0 Å². The van der Waals surface area contributed by atoms with E-state index in [0.29, 0.717) is 6.42 Å². The van der Waals surface area contributed by atoms with Crippen molar-refractivity contribution >= 4 is 11.9 Å². The largest absolute Gasteiger partial charge is 0.460 e. The lowest BCUT2D eigenvalue weighted by Crippen LogP contribution is -2.31. The zero-order valence-corrected chi connectivity index (χ0v) is 13.9. The van der Waals surface area contributed by atoms with Gasteiger partial charge in [0.2, 0.25) is 0 Å². The van der Waals surface area contributed by atoms with E-state index in [-0.39, 0.29) is 35.6 Å². The summed E-state index contributed by atoms with van der Waals surface area (Å²) in [6.07, 6.45) is 0.629. The highest BCUT2D eigenvalue weighted by molar-refractivity contribution is 5.83. The van der Waals surface area contributed by atoms with Crippen LogP contribution in [0.5, 0.6) is 0 Å². The molecule has 0 spiro atoms. The van der Waals surface area contributed by atoms with Gasteiger partial charge in [-0.2, -0.15) is 0 Å². The predicted molar refractivity (Wildman–Crippen MR) is 79.4 cm³/mol. The lowest BCUT2D eigenvalue weighted by molar-refractivity contribution is -0.161. The van der Waals surface area contributed by atoms with Crippen LogP contribution in [0.2, 0.25) is 0 Å². The van der Waals surface area contributed by atoms with E-state index in [4.69, 9.17) is 9.47 Å². The van der Waals surface area contributed by atoms with E-state index in [2.05, 4.69) is 6.58 Å². The van der Waals surface area contributed by atoms with Crippen LogP contribution >= 0.6 is 0 Å². The second-order valence-electron chi connectivity index (χ2n) is 8.16. The Morgan fingerprint density at radius 1 is 1.00 bits per heavy atom. The first kappa shape index (κ1) is 16.1. The molecule has 0 N–H and O–H groups in total. The summed E-state index contributed by atoms with van der Waals surface area (Å²) in [4.78, 5) is 24.5. The molecule has 0 aromatic carbocycles. The van der Waals surface area contributed by atoms with Gasteiger partial charge < -0.3 is 9.47 Å². The van der Waals surface area contributed by atoms with Crippen LogP contribution in [0, 0.1) is 23.7 Å². The summed E-state index contributed by atoms with van der Waals surface area (Å²) in [7, 11) is 0. The smallest absolute Gasteiger partial charge is 0.310 e. The van der Waals surface area contributed by atoms with Gasteiger partial charge >= 0.3 is 11.9 Å². The molecule has 0 aromatic rings. The molecule has 118 valence electrons. The fourth-order valence-electron chi connectivity index (χ4n) is 3.21. The summed E-state index contributed by atoms with van der Waals surface area (Å²) in [6, 6.07) is 0. The summed E-state index contributed by atoms with van der Waals surface area (Å²) in [5.74, 6) is -0.795. The van der Waals surface area contributed by atoms with Crippen molar-refractivity contribution in [3.05, 3.63) is 12.2 Å². The monoisotopic (exact) mass is 294 g/mol. The van der Waals surface area contributed by atoms with Gasteiger partial charge in [-0.25, -0.2) is 0 Å². The molecule has 0 radical (unpaired) electrons. The molecule has 0 aromatic heterocycles. The van der Waals surface area contributed by atoms with Crippen LogP contribution in [-0.2, 0) is 19.1 Å². The summed E-state index contributed by atoms with van der Waals surface area (Å²) in [5.41, 5.74) is -0.0319. The number of ether oxygens (including phenoxy) is 2. The molecule has 2 saturated carbocycles. The zero-order chi connectivity index (χ0) is 16.2. The van der Waals surface area contributed by atoms with Crippen LogP contribution in [0.3, 0.4) is 0 Å². The van der Waals surface area contributed by atoms with Crippen LogP contribution < -0.4 is 0 Å². The second kappa shape index (κ2) is 4.85. The maximum absolute atomic E-state index is 12.3. The first-order valence-corrected chi connectivity index (χ1v) is 7.54. The Morgan fingerprint density at radius 3 is 1.95 bits per heavy atom. The molecule has 4 nitrogen and oxygen atoms in total. The normalized spacial score (nSPS) is 31.6. The van der Waals surface area contributed by atoms with Gasteiger partial charge in [0.15, 0.2) is 0 Å². The van der Waals surface area contributed by atoms with Crippen LogP contribution in [0.15, 0.2) is 12.2 Å². The van der Waals surface area contributed by atoms with Crippen LogP contribution in [0.4, 0.5) is 0 Å². The number of rotatable bonds is 2. The fourth-order valence-corrected chi connectivity index (χ4v) is 3.21.